The van der Waals surface area contributed by atoms with Crippen molar-refractivity contribution in [1.82, 2.24) is 5.32 Å². The number of likely N-dealkylation sites (N-methyl/N-ethyl adjacent to an activating group) is 1. The second kappa shape index (κ2) is 6.87. The maximum absolute atomic E-state index is 12.2. The number of nitrogens with one attached hydrogen (secondary N) is 1. The van der Waals surface area contributed by atoms with E-state index in [9.17, 15) is 4.79 Å². The molecule has 0 saturated heterocycles. The van der Waals surface area contributed by atoms with Crippen LogP contribution in [0.5, 0.6) is 0 Å². The molecule has 2 aliphatic carbocycles. The van der Waals surface area contributed by atoms with Gasteiger partial charge in [-0.1, -0.05) is 0 Å². The van der Waals surface area contributed by atoms with Crippen molar-refractivity contribution in [3.63, 3.8) is 0 Å². The van der Waals surface area contributed by atoms with Crippen molar-refractivity contribution in [3.05, 3.63) is 0 Å². The maximum atomic E-state index is 12.2. The fourth-order valence-electron chi connectivity index (χ4n) is 3.20. The first-order valence-corrected chi connectivity index (χ1v) is 7.58. The molecule has 3 unspecified atom stereocenters. The number of carbonyl (C=O) groups is 1. The Hall–Kier alpha value is -0.650. The van der Waals surface area contributed by atoms with Gasteiger partial charge in [-0.05, 0) is 51.5 Å². The van der Waals surface area contributed by atoms with E-state index in [1.165, 1.54) is 7.11 Å². The lowest BCUT2D eigenvalue weighted by Gasteiger charge is -2.34. The first kappa shape index (κ1) is 15.7. The Balaban J connectivity index is 1.93. The molecule has 0 bridgehead atoms. The zero-order chi connectivity index (χ0) is 14.6. The predicted molar refractivity (Wildman–Crippen MR) is 75.5 cm³/mol. The normalized spacial score (nSPS) is 29.8. The van der Waals surface area contributed by atoms with Gasteiger partial charge in [-0.2, -0.15) is 0 Å². The summed E-state index contributed by atoms with van der Waals surface area (Å²) in [6, 6.07) is 0. The monoisotopic (exact) mass is 285 g/mol. The highest BCUT2D eigenvalue weighted by molar-refractivity contribution is 5.82. The van der Waals surface area contributed by atoms with E-state index in [4.69, 9.17) is 14.2 Å². The minimum atomic E-state index is -0.672. The predicted octanol–water partition coefficient (Wildman–Crippen LogP) is 1.50. The van der Waals surface area contributed by atoms with Crippen molar-refractivity contribution < 1.29 is 19.0 Å². The molecule has 0 aromatic heterocycles. The van der Waals surface area contributed by atoms with E-state index in [1.807, 2.05) is 7.05 Å². The van der Waals surface area contributed by atoms with Crippen molar-refractivity contribution >= 4 is 5.97 Å². The molecule has 5 heteroatoms. The molecule has 0 amide bonds. The smallest absolute Gasteiger partial charge is 0.328 e. The summed E-state index contributed by atoms with van der Waals surface area (Å²) >= 11 is 0. The molecule has 0 aromatic rings. The highest BCUT2D eigenvalue weighted by Crippen LogP contribution is 2.41. The van der Waals surface area contributed by atoms with Gasteiger partial charge in [-0.3, -0.25) is 0 Å². The summed E-state index contributed by atoms with van der Waals surface area (Å²) in [5, 5.41) is 3.16. The first-order chi connectivity index (χ1) is 9.66. The van der Waals surface area contributed by atoms with Crippen LogP contribution in [0.4, 0.5) is 0 Å². The van der Waals surface area contributed by atoms with Crippen LogP contribution < -0.4 is 5.32 Å². The minimum absolute atomic E-state index is 0.185. The number of carbonyl (C=O) groups excluding carboxylic acids is 1. The molecule has 2 aliphatic rings. The second-order valence-corrected chi connectivity index (χ2v) is 5.94. The van der Waals surface area contributed by atoms with Crippen LogP contribution in [0.3, 0.4) is 0 Å². The van der Waals surface area contributed by atoms with Crippen LogP contribution in [0, 0.1) is 5.92 Å². The Morgan fingerprint density at radius 1 is 1.20 bits per heavy atom. The Labute approximate surface area is 121 Å². The lowest BCUT2D eigenvalue weighted by atomic mass is 9.92. The van der Waals surface area contributed by atoms with Crippen molar-refractivity contribution in [3.8, 4) is 0 Å². The highest BCUT2D eigenvalue weighted by Gasteiger charge is 2.51. The molecule has 2 rings (SSSR count). The molecule has 0 radical (unpaired) electrons. The number of methoxy groups -OCH3 is 2. The van der Waals surface area contributed by atoms with Gasteiger partial charge < -0.3 is 19.5 Å². The number of ether oxygens (including phenoxy) is 3. The lowest BCUT2D eigenvalue weighted by molar-refractivity contribution is -0.154. The Kier molecular flexibility index (Phi) is 5.41. The van der Waals surface area contributed by atoms with E-state index in [-0.39, 0.29) is 18.2 Å². The van der Waals surface area contributed by atoms with Crippen LogP contribution in [0.25, 0.3) is 0 Å². The third-order valence-electron chi connectivity index (χ3n) is 4.73. The standard InChI is InChI=1S/C15H27NO4/c1-16-15(11-7-8-11,14(17)19-3)10-20-13-6-4-5-12(9-13)18-2/h11-13,16H,4-10H2,1-3H3. The summed E-state index contributed by atoms with van der Waals surface area (Å²) in [5.74, 6) is 0.128. The third kappa shape index (κ3) is 3.32. The van der Waals surface area contributed by atoms with Gasteiger partial charge >= 0.3 is 5.97 Å². The summed E-state index contributed by atoms with van der Waals surface area (Å²) in [6.45, 7) is 0.391. The highest BCUT2D eigenvalue weighted by atomic mass is 16.5. The summed E-state index contributed by atoms with van der Waals surface area (Å²) in [7, 11) is 5.01. The van der Waals surface area contributed by atoms with E-state index in [1.54, 1.807) is 7.11 Å². The van der Waals surface area contributed by atoms with Gasteiger partial charge in [-0.15, -0.1) is 0 Å². The largest absolute Gasteiger partial charge is 0.468 e. The molecule has 0 aromatic carbocycles. The van der Waals surface area contributed by atoms with Crippen LogP contribution in [-0.2, 0) is 19.0 Å². The van der Waals surface area contributed by atoms with Gasteiger partial charge in [0, 0.05) is 7.11 Å². The second-order valence-electron chi connectivity index (χ2n) is 5.94. The average Bonchev–Trinajstić information content (AvgIpc) is 3.33. The number of hydrogen-bond donors (Lipinski definition) is 1. The van der Waals surface area contributed by atoms with Crippen LogP contribution in [-0.4, -0.2) is 51.6 Å². The SMILES string of the molecule is CNC(COC1CCCC(OC)C1)(C(=O)OC)C1CC1. The topological polar surface area (TPSA) is 56.8 Å². The summed E-state index contributed by atoms with van der Waals surface area (Å²) in [6.07, 6.45) is 6.79. The van der Waals surface area contributed by atoms with Gasteiger partial charge in [0.15, 0.2) is 0 Å². The minimum Gasteiger partial charge on any atom is -0.468 e. The molecule has 116 valence electrons. The van der Waals surface area contributed by atoms with E-state index < -0.39 is 5.54 Å². The van der Waals surface area contributed by atoms with Gasteiger partial charge in [0.05, 0.1) is 25.9 Å². The summed E-state index contributed by atoms with van der Waals surface area (Å²) in [5.41, 5.74) is -0.672. The Bertz CT molecular complexity index is 332. The Morgan fingerprint density at radius 3 is 2.45 bits per heavy atom. The van der Waals surface area contributed by atoms with E-state index in [0.29, 0.717) is 12.5 Å². The van der Waals surface area contributed by atoms with E-state index in [2.05, 4.69) is 5.32 Å². The van der Waals surface area contributed by atoms with Gasteiger partial charge in [-0.25, -0.2) is 4.79 Å². The van der Waals surface area contributed by atoms with Crippen molar-refractivity contribution in [2.24, 2.45) is 5.92 Å². The molecule has 0 heterocycles. The number of rotatable bonds is 7. The molecule has 0 aliphatic heterocycles. The lowest BCUT2D eigenvalue weighted by Crippen LogP contribution is -2.57. The Morgan fingerprint density at radius 2 is 1.90 bits per heavy atom. The molecule has 5 nitrogen and oxygen atoms in total. The zero-order valence-corrected chi connectivity index (χ0v) is 12.8. The third-order valence-corrected chi connectivity index (χ3v) is 4.73. The summed E-state index contributed by atoms with van der Waals surface area (Å²) < 4.78 is 16.5. The first-order valence-electron chi connectivity index (χ1n) is 7.58. The van der Waals surface area contributed by atoms with E-state index in [0.717, 1.165) is 38.5 Å². The molecule has 2 fully saturated rings. The van der Waals surface area contributed by atoms with Crippen LogP contribution in [0.15, 0.2) is 0 Å². The van der Waals surface area contributed by atoms with Crippen molar-refractivity contribution in [2.45, 2.75) is 56.3 Å². The molecular formula is C15H27NO4. The fraction of sp³-hybridized carbons (Fsp3) is 0.933. The van der Waals surface area contributed by atoms with Gasteiger partial charge in [0.2, 0.25) is 0 Å². The quantitative estimate of drug-likeness (QED) is 0.718. The average molecular weight is 285 g/mol. The molecule has 2 saturated carbocycles. The van der Waals surface area contributed by atoms with Crippen molar-refractivity contribution in [2.75, 3.05) is 27.9 Å². The van der Waals surface area contributed by atoms with Gasteiger partial charge in [0.1, 0.15) is 5.54 Å². The molecule has 1 N–H and O–H groups in total. The van der Waals surface area contributed by atoms with Gasteiger partial charge in [0.25, 0.3) is 0 Å². The van der Waals surface area contributed by atoms with E-state index >= 15 is 0 Å². The van der Waals surface area contributed by atoms with Crippen LogP contribution >= 0.6 is 0 Å². The van der Waals surface area contributed by atoms with Crippen LogP contribution in [0.1, 0.15) is 38.5 Å². The van der Waals surface area contributed by atoms with Crippen molar-refractivity contribution in [1.29, 1.82) is 0 Å². The molecule has 0 spiro atoms. The maximum Gasteiger partial charge on any atom is 0.328 e. The number of hydrogen-bond acceptors (Lipinski definition) is 5. The number of esters is 1. The molecule has 3 atom stereocenters. The molecular weight excluding hydrogens is 258 g/mol. The van der Waals surface area contributed by atoms with Crippen LogP contribution in [0.2, 0.25) is 0 Å². The summed E-state index contributed by atoms with van der Waals surface area (Å²) in [4.78, 5) is 12.2. The fourth-order valence-corrected chi connectivity index (χ4v) is 3.20. The molecule has 20 heavy (non-hydrogen) atoms. The zero-order valence-electron chi connectivity index (χ0n) is 12.8.